The first-order valence-electron chi connectivity index (χ1n) is 3.62. The van der Waals surface area contributed by atoms with Gasteiger partial charge in [0.25, 0.3) is 0 Å². The largest absolute Gasteiger partial charge is 0.395 e. The van der Waals surface area contributed by atoms with Gasteiger partial charge in [0.1, 0.15) is 0 Å². The fraction of sp³-hybridized carbons (Fsp3) is 1.00. The van der Waals surface area contributed by atoms with E-state index in [-0.39, 0.29) is 18.2 Å². The van der Waals surface area contributed by atoms with E-state index >= 15 is 0 Å². The van der Waals surface area contributed by atoms with Crippen molar-refractivity contribution in [2.75, 3.05) is 13.2 Å². The summed E-state index contributed by atoms with van der Waals surface area (Å²) in [4.78, 5) is 0. The monoisotopic (exact) mass is 146 g/mol. The molecule has 3 heteroatoms. The van der Waals surface area contributed by atoms with Crippen LogP contribution in [0.5, 0.6) is 0 Å². The maximum atomic E-state index is 8.51. The molecular formula is C7H18N2O. The van der Waals surface area contributed by atoms with Crippen LogP contribution in [0.25, 0.3) is 0 Å². The minimum Gasteiger partial charge on any atom is -0.395 e. The van der Waals surface area contributed by atoms with Crippen molar-refractivity contribution in [3.8, 4) is 0 Å². The zero-order valence-electron chi connectivity index (χ0n) is 7.02. The first kappa shape index (κ1) is 9.88. The van der Waals surface area contributed by atoms with Crippen LogP contribution in [0.15, 0.2) is 0 Å². The molecule has 0 bridgehead atoms. The van der Waals surface area contributed by atoms with Crippen molar-refractivity contribution < 1.29 is 5.11 Å². The van der Waals surface area contributed by atoms with Gasteiger partial charge in [-0.1, -0.05) is 0 Å². The second kappa shape index (κ2) is 3.91. The first-order valence-corrected chi connectivity index (χ1v) is 3.62. The van der Waals surface area contributed by atoms with Crippen LogP contribution in [0.1, 0.15) is 20.8 Å². The number of nitrogens with two attached hydrogens (primary N) is 1. The Morgan fingerprint density at radius 1 is 1.60 bits per heavy atom. The van der Waals surface area contributed by atoms with Gasteiger partial charge in [-0.3, -0.25) is 0 Å². The third kappa shape index (κ3) is 3.15. The second-order valence-corrected chi connectivity index (χ2v) is 3.16. The molecule has 10 heavy (non-hydrogen) atoms. The number of nitrogens with one attached hydrogen (secondary N) is 1. The highest BCUT2D eigenvalue weighted by atomic mass is 16.3. The highest BCUT2D eigenvalue weighted by Gasteiger charge is 2.20. The van der Waals surface area contributed by atoms with Gasteiger partial charge >= 0.3 is 0 Å². The van der Waals surface area contributed by atoms with Gasteiger partial charge in [0, 0.05) is 18.1 Å². The molecule has 3 nitrogen and oxygen atoms in total. The Hall–Kier alpha value is -0.120. The maximum absolute atomic E-state index is 8.51. The lowest BCUT2D eigenvalue weighted by Gasteiger charge is -2.30. The van der Waals surface area contributed by atoms with Crippen molar-refractivity contribution in [3.63, 3.8) is 0 Å². The zero-order chi connectivity index (χ0) is 8.20. The normalized spacial score (nSPS) is 15.3. The molecule has 0 aromatic heterocycles. The summed E-state index contributed by atoms with van der Waals surface area (Å²) in [5.74, 6) is 0. The lowest BCUT2D eigenvalue weighted by atomic mass is 9.97. The topological polar surface area (TPSA) is 58.3 Å². The van der Waals surface area contributed by atoms with Crippen LogP contribution in [0.4, 0.5) is 0 Å². The third-order valence-corrected chi connectivity index (χ3v) is 1.83. The molecular weight excluding hydrogens is 128 g/mol. The predicted molar refractivity (Wildman–Crippen MR) is 42.8 cm³/mol. The molecule has 0 aliphatic heterocycles. The summed E-state index contributed by atoms with van der Waals surface area (Å²) in [5.41, 5.74) is 5.59. The van der Waals surface area contributed by atoms with Gasteiger partial charge in [-0.05, 0) is 20.8 Å². The van der Waals surface area contributed by atoms with Crippen molar-refractivity contribution in [3.05, 3.63) is 0 Å². The summed E-state index contributed by atoms with van der Waals surface area (Å²) >= 11 is 0. The van der Waals surface area contributed by atoms with E-state index in [1.165, 1.54) is 0 Å². The smallest absolute Gasteiger partial charge is 0.0556 e. The molecule has 0 aromatic rings. The summed E-state index contributed by atoms with van der Waals surface area (Å²) in [7, 11) is 0. The molecule has 0 radical (unpaired) electrons. The van der Waals surface area contributed by atoms with Gasteiger partial charge in [0.15, 0.2) is 0 Å². The van der Waals surface area contributed by atoms with Gasteiger partial charge in [-0.2, -0.15) is 0 Å². The van der Waals surface area contributed by atoms with Crippen LogP contribution in [0.2, 0.25) is 0 Å². The molecule has 1 atom stereocenters. The molecule has 0 saturated heterocycles. The number of rotatable bonds is 4. The van der Waals surface area contributed by atoms with Gasteiger partial charge in [-0.15, -0.1) is 0 Å². The van der Waals surface area contributed by atoms with Crippen molar-refractivity contribution in [1.82, 2.24) is 5.32 Å². The Kier molecular flexibility index (Phi) is 3.86. The fourth-order valence-corrected chi connectivity index (χ4v) is 0.539. The zero-order valence-corrected chi connectivity index (χ0v) is 7.02. The second-order valence-electron chi connectivity index (χ2n) is 3.16. The van der Waals surface area contributed by atoms with Crippen LogP contribution in [0.3, 0.4) is 0 Å². The number of aliphatic hydroxyl groups excluding tert-OH is 1. The van der Waals surface area contributed by atoms with Gasteiger partial charge in [0.05, 0.1) is 6.61 Å². The van der Waals surface area contributed by atoms with E-state index in [1.54, 1.807) is 0 Å². The van der Waals surface area contributed by atoms with E-state index < -0.39 is 0 Å². The molecule has 0 rings (SSSR count). The number of β-amino-alcohol motifs (C(OH)–C–C–N with tert-alkyl or cyclic N) is 1. The molecule has 0 amide bonds. The van der Waals surface area contributed by atoms with E-state index in [0.717, 1.165) is 0 Å². The number of hydrogen-bond acceptors (Lipinski definition) is 3. The molecule has 0 saturated carbocycles. The minimum atomic E-state index is -0.0806. The summed E-state index contributed by atoms with van der Waals surface area (Å²) in [6, 6.07) is 0.0963. The van der Waals surface area contributed by atoms with Crippen molar-refractivity contribution >= 4 is 0 Å². The van der Waals surface area contributed by atoms with Crippen molar-refractivity contribution in [2.24, 2.45) is 5.73 Å². The first-order chi connectivity index (χ1) is 4.50. The van der Waals surface area contributed by atoms with Crippen molar-refractivity contribution in [1.29, 1.82) is 0 Å². The minimum absolute atomic E-state index is 0.0806. The lowest BCUT2D eigenvalue weighted by molar-refractivity contribution is 0.253. The van der Waals surface area contributed by atoms with E-state index in [4.69, 9.17) is 10.8 Å². The maximum Gasteiger partial charge on any atom is 0.0556 e. The fourth-order valence-electron chi connectivity index (χ4n) is 0.539. The van der Waals surface area contributed by atoms with Crippen LogP contribution in [-0.4, -0.2) is 29.8 Å². The third-order valence-electron chi connectivity index (χ3n) is 1.83. The quantitative estimate of drug-likeness (QED) is 0.510. The SMILES string of the molecule is CC(N)C(C)(C)NCCO. The highest BCUT2D eigenvalue weighted by molar-refractivity contribution is 4.85. The van der Waals surface area contributed by atoms with E-state index in [1.807, 2.05) is 20.8 Å². The molecule has 0 aliphatic carbocycles. The summed E-state index contributed by atoms with van der Waals surface area (Å²) in [6.07, 6.45) is 0. The number of hydrogen-bond donors (Lipinski definition) is 3. The average molecular weight is 146 g/mol. The Balaban J connectivity index is 3.63. The number of aliphatic hydroxyl groups is 1. The Morgan fingerprint density at radius 2 is 2.10 bits per heavy atom. The molecule has 62 valence electrons. The summed E-state index contributed by atoms with van der Waals surface area (Å²) < 4.78 is 0. The molecule has 0 heterocycles. The highest BCUT2D eigenvalue weighted by Crippen LogP contribution is 2.04. The molecule has 0 spiro atoms. The summed E-state index contributed by atoms with van der Waals surface area (Å²) in [6.45, 7) is 6.76. The average Bonchev–Trinajstić information content (AvgIpc) is 1.84. The van der Waals surface area contributed by atoms with Crippen LogP contribution < -0.4 is 11.1 Å². The van der Waals surface area contributed by atoms with Crippen LogP contribution in [0, 0.1) is 0 Å². The Labute approximate surface area is 62.6 Å². The van der Waals surface area contributed by atoms with E-state index in [9.17, 15) is 0 Å². The van der Waals surface area contributed by atoms with Gasteiger partial charge in [-0.25, -0.2) is 0 Å². The van der Waals surface area contributed by atoms with Gasteiger partial charge < -0.3 is 16.2 Å². The van der Waals surface area contributed by atoms with Crippen LogP contribution in [-0.2, 0) is 0 Å². The Morgan fingerprint density at radius 3 is 2.40 bits per heavy atom. The van der Waals surface area contributed by atoms with Crippen molar-refractivity contribution in [2.45, 2.75) is 32.4 Å². The van der Waals surface area contributed by atoms with Crippen LogP contribution >= 0.6 is 0 Å². The Bertz CT molecular complexity index is 91.6. The van der Waals surface area contributed by atoms with E-state index in [0.29, 0.717) is 6.54 Å². The van der Waals surface area contributed by atoms with E-state index in [2.05, 4.69) is 5.32 Å². The molecule has 1 unspecified atom stereocenters. The summed E-state index contributed by atoms with van der Waals surface area (Å²) in [5, 5.41) is 11.6. The molecule has 4 N–H and O–H groups in total. The molecule has 0 fully saturated rings. The van der Waals surface area contributed by atoms with Gasteiger partial charge in [0.2, 0.25) is 0 Å². The molecule has 0 aliphatic rings. The lowest BCUT2D eigenvalue weighted by Crippen LogP contribution is -2.53. The standard InChI is InChI=1S/C7H18N2O/c1-6(8)7(2,3)9-4-5-10/h6,9-10H,4-5,8H2,1-3H3. The molecule has 0 aromatic carbocycles. The predicted octanol–water partition coefficient (Wildman–Crippen LogP) is -0.306.